The molecule has 4 heterocycles. The first-order chi connectivity index (χ1) is 21.2. The van der Waals surface area contributed by atoms with Crippen LogP contribution in [0.1, 0.15) is 68.7 Å². The summed E-state index contributed by atoms with van der Waals surface area (Å²) < 4.78 is 33.5. The van der Waals surface area contributed by atoms with Crippen molar-refractivity contribution in [2.45, 2.75) is 63.3 Å². The van der Waals surface area contributed by atoms with Gasteiger partial charge in [-0.05, 0) is 81.5 Å². The molecule has 0 radical (unpaired) electrons. The van der Waals surface area contributed by atoms with E-state index in [1.807, 2.05) is 12.3 Å². The van der Waals surface area contributed by atoms with Crippen molar-refractivity contribution in [1.82, 2.24) is 25.5 Å². The minimum Gasteiger partial charge on any atom is -0.445 e. The van der Waals surface area contributed by atoms with Gasteiger partial charge in [0.15, 0.2) is 0 Å². The summed E-state index contributed by atoms with van der Waals surface area (Å²) in [6.07, 6.45) is 5.02. The molecule has 9 nitrogen and oxygen atoms in total. The van der Waals surface area contributed by atoms with E-state index >= 15 is 0 Å². The molecule has 2 aromatic carbocycles. The lowest BCUT2D eigenvalue weighted by molar-refractivity contribution is 0.0733. The summed E-state index contributed by atoms with van der Waals surface area (Å²) in [7, 11) is 0. The Balaban J connectivity index is 1.31. The fourth-order valence-corrected chi connectivity index (χ4v) is 7.05. The van der Waals surface area contributed by atoms with Gasteiger partial charge in [0.1, 0.15) is 22.9 Å². The van der Waals surface area contributed by atoms with Gasteiger partial charge in [-0.25, -0.2) is 18.7 Å². The van der Waals surface area contributed by atoms with Gasteiger partial charge >= 0.3 is 0 Å². The molecule has 6 rings (SSSR count). The van der Waals surface area contributed by atoms with E-state index in [2.05, 4.69) is 20.6 Å². The highest BCUT2D eigenvalue weighted by molar-refractivity contribution is 7.09. The molecule has 0 saturated carbocycles. The maximum absolute atomic E-state index is 14.0. The first kappa shape index (κ1) is 30.0. The van der Waals surface area contributed by atoms with Crippen molar-refractivity contribution in [1.29, 1.82) is 0 Å². The zero-order valence-corrected chi connectivity index (χ0v) is 24.9. The smallest absolute Gasteiger partial charge is 0.254 e. The Morgan fingerprint density at radius 3 is 2.61 bits per heavy atom. The average Bonchev–Trinajstić information content (AvgIpc) is 3.83. The monoisotopic (exact) mass is 621 g/mol. The van der Waals surface area contributed by atoms with Gasteiger partial charge in [0.25, 0.3) is 11.8 Å². The number of nitrogens with zero attached hydrogens (tertiary/aromatic N) is 3. The summed E-state index contributed by atoms with van der Waals surface area (Å²) in [4.78, 5) is 38.4. The number of hydrogen-bond donors (Lipinski definition) is 3. The van der Waals surface area contributed by atoms with Crippen molar-refractivity contribution in [3.8, 4) is 11.5 Å². The van der Waals surface area contributed by atoms with Crippen LogP contribution in [-0.2, 0) is 6.42 Å². The Labute approximate surface area is 257 Å². The van der Waals surface area contributed by atoms with Crippen LogP contribution in [0.25, 0.3) is 11.5 Å². The molecule has 230 valence electrons. The first-order valence-electron chi connectivity index (χ1n) is 14.7. The van der Waals surface area contributed by atoms with E-state index in [1.165, 1.54) is 42.0 Å². The van der Waals surface area contributed by atoms with Gasteiger partial charge in [0.2, 0.25) is 5.89 Å². The van der Waals surface area contributed by atoms with Crippen LogP contribution in [-0.4, -0.2) is 63.1 Å². The zero-order chi connectivity index (χ0) is 30.8. The largest absolute Gasteiger partial charge is 0.445 e. The van der Waals surface area contributed by atoms with Crippen molar-refractivity contribution < 1.29 is 27.9 Å². The predicted molar refractivity (Wildman–Crippen MR) is 160 cm³/mol. The van der Waals surface area contributed by atoms with Gasteiger partial charge in [-0.3, -0.25) is 9.59 Å². The number of aryl methyl sites for hydroxylation is 1. The number of halogens is 2. The van der Waals surface area contributed by atoms with Crippen LogP contribution in [0.2, 0.25) is 0 Å². The van der Waals surface area contributed by atoms with E-state index < -0.39 is 29.7 Å². The summed E-state index contributed by atoms with van der Waals surface area (Å²) in [5, 5.41) is 20.2. The Morgan fingerprint density at radius 2 is 1.93 bits per heavy atom. The minimum atomic E-state index is -1.03. The van der Waals surface area contributed by atoms with Gasteiger partial charge in [0, 0.05) is 46.4 Å². The molecule has 4 atom stereocenters. The number of thiazole rings is 1. The van der Waals surface area contributed by atoms with Crippen molar-refractivity contribution in [2.75, 3.05) is 13.1 Å². The normalized spacial score (nSPS) is 19.7. The summed E-state index contributed by atoms with van der Waals surface area (Å²) in [5.74, 6) is -2.05. The predicted octanol–water partition coefficient (Wildman–Crippen LogP) is 4.82. The molecule has 0 bridgehead atoms. The molecular formula is C32H33F2N5O4S. The lowest BCUT2D eigenvalue weighted by atomic mass is 9.94. The van der Waals surface area contributed by atoms with E-state index in [1.54, 1.807) is 17.0 Å². The van der Waals surface area contributed by atoms with E-state index in [0.717, 1.165) is 42.6 Å². The summed E-state index contributed by atoms with van der Waals surface area (Å²) in [5.41, 5.74) is 2.08. The highest BCUT2D eigenvalue weighted by Gasteiger charge is 2.34. The lowest BCUT2D eigenvalue weighted by Crippen LogP contribution is -2.52. The number of hydrogen-bond acceptors (Lipinski definition) is 8. The fraction of sp³-hybridized carbons (Fsp3) is 0.375. The summed E-state index contributed by atoms with van der Waals surface area (Å²) in [6.45, 7) is 3.20. The molecule has 2 aromatic heterocycles. The van der Waals surface area contributed by atoms with Crippen LogP contribution in [0.3, 0.4) is 0 Å². The van der Waals surface area contributed by atoms with Gasteiger partial charge in [0.05, 0.1) is 24.4 Å². The second kappa shape index (κ2) is 12.9. The molecule has 4 aromatic rings. The molecule has 2 aliphatic rings. The number of benzene rings is 2. The molecule has 2 unspecified atom stereocenters. The Hall–Kier alpha value is -4.00. The number of likely N-dealkylation sites (tertiary alicyclic amines) is 1. The molecule has 12 heteroatoms. The van der Waals surface area contributed by atoms with Crippen LogP contribution in [0.15, 0.2) is 58.7 Å². The fourth-order valence-electron chi connectivity index (χ4n) is 6.10. The molecule has 0 spiro atoms. The number of carbonyl (C=O) groups is 2. The SMILES string of the molecule is Cc1csc(C2CCCN2C(=O)c2cc(C(=O)N[C@@H](Cc3cc(F)cc(F)c3)[C@H](O)C3CCCN3)cc(-c3ncco3)c2)n1. The van der Waals surface area contributed by atoms with Gasteiger partial charge in [-0.15, -0.1) is 11.3 Å². The van der Waals surface area contributed by atoms with E-state index in [0.29, 0.717) is 24.1 Å². The molecule has 2 aliphatic heterocycles. The van der Waals surface area contributed by atoms with Crippen LogP contribution in [0, 0.1) is 18.6 Å². The number of carbonyl (C=O) groups excluding carboxylic acids is 2. The standard InChI is InChI=1S/C32H33F2N5O4S/c1-18-17-44-31(37-18)27-5-3-8-39(27)32(42)22-14-20(13-21(15-22)30-36-7-9-43-30)29(41)38-26(28(40)25-4-2-6-35-25)12-19-10-23(33)16-24(34)11-19/h7,9-11,13-17,25-28,35,40H,2-6,8,12H2,1H3,(H,38,41)/t25?,26-,27?,28+/m0/s1. The van der Waals surface area contributed by atoms with Crippen LogP contribution in [0.5, 0.6) is 0 Å². The molecule has 2 fully saturated rings. The number of nitrogens with one attached hydrogen (secondary N) is 2. The van der Waals surface area contributed by atoms with E-state index in [9.17, 15) is 23.5 Å². The second-order valence-corrected chi connectivity index (χ2v) is 12.3. The average molecular weight is 622 g/mol. The third kappa shape index (κ3) is 6.57. The maximum Gasteiger partial charge on any atom is 0.254 e. The third-order valence-electron chi connectivity index (χ3n) is 8.17. The van der Waals surface area contributed by atoms with Gasteiger partial charge in [-0.2, -0.15) is 0 Å². The molecule has 44 heavy (non-hydrogen) atoms. The van der Waals surface area contributed by atoms with Gasteiger partial charge in [-0.1, -0.05) is 0 Å². The second-order valence-electron chi connectivity index (χ2n) is 11.4. The Bertz CT molecular complexity index is 1620. The molecule has 2 amide bonds. The molecular weight excluding hydrogens is 588 g/mol. The zero-order valence-electron chi connectivity index (χ0n) is 24.1. The Morgan fingerprint density at radius 1 is 1.14 bits per heavy atom. The minimum absolute atomic E-state index is 0.00628. The summed E-state index contributed by atoms with van der Waals surface area (Å²) in [6, 6.07) is 6.57. The van der Waals surface area contributed by atoms with Gasteiger partial charge < -0.3 is 25.1 Å². The number of oxazole rings is 1. The Kier molecular flexibility index (Phi) is 8.83. The number of rotatable bonds is 9. The number of aliphatic hydroxyl groups is 1. The first-order valence-corrected chi connectivity index (χ1v) is 15.6. The van der Waals surface area contributed by atoms with Crippen molar-refractivity contribution in [2.24, 2.45) is 0 Å². The van der Waals surface area contributed by atoms with Crippen molar-refractivity contribution in [3.05, 3.63) is 93.3 Å². The van der Waals surface area contributed by atoms with Crippen molar-refractivity contribution >= 4 is 23.2 Å². The number of amides is 2. The summed E-state index contributed by atoms with van der Waals surface area (Å²) >= 11 is 1.52. The highest BCUT2D eigenvalue weighted by atomic mass is 32.1. The van der Waals surface area contributed by atoms with Crippen LogP contribution < -0.4 is 10.6 Å². The van der Waals surface area contributed by atoms with E-state index in [4.69, 9.17) is 4.42 Å². The number of aliphatic hydroxyl groups excluding tert-OH is 1. The third-order valence-corrected chi connectivity index (χ3v) is 9.24. The highest BCUT2D eigenvalue weighted by Crippen LogP contribution is 2.35. The number of aromatic nitrogens is 2. The quantitative estimate of drug-likeness (QED) is 0.245. The molecule has 3 N–H and O–H groups in total. The molecule has 0 aliphatic carbocycles. The van der Waals surface area contributed by atoms with Crippen LogP contribution in [0.4, 0.5) is 8.78 Å². The maximum atomic E-state index is 14.0. The molecule has 2 saturated heterocycles. The topological polar surface area (TPSA) is 121 Å². The van der Waals surface area contributed by atoms with Crippen molar-refractivity contribution in [3.63, 3.8) is 0 Å². The lowest BCUT2D eigenvalue weighted by Gasteiger charge is -2.29. The van der Waals surface area contributed by atoms with Crippen LogP contribution >= 0.6 is 11.3 Å². The van der Waals surface area contributed by atoms with E-state index in [-0.39, 0.29) is 41.4 Å².